The van der Waals surface area contributed by atoms with Gasteiger partial charge in [0.05, 0.1) is 6.54 Å². The number of carboxylic acid groups (broad SMARTS) is 1. The predicted octanol–water partition coefficient (Wildman–Crippen LogP) is 3.12. The van der Waals surface area contributed by atoms with Gasteiger partial charge in [-0.1, -0.05) is 17.7 Å². The Kier molecular flexibility index (Phi) is 4.77. The van der Waals surface area contributed by atoms with Crippen LogP contribution >= 0.6 is 22.9 Å². The number of hydrogen-bond donors (Lipinski definition) is 3. The Hall–Kier alpha value is -2.12. The van der Waals surface area contributed by atoms with Crippen LogP contribution in [0, 0.1) is 6.92 Å². The normalized spacial score (nSPS) is 10.2. The lowest BCUT2D eigenvalue weighted by Gasteiger charge is -2.09. The Bertz CT molecular complexity index is 687. The summed E-state index contributed by atoms with van der Waals surface area (Å²) in [6.45, 7) is 1.96. The summed E-state index contributed by atoms with van der Waals surface area (Å²) in [5, 5.41) is 16.6. The molecule has 0 radical (unpaired) electrons. The van der Waals surface area contributed by atoms with E-state index < -0.39 is 12.0 Å². The summed E-state index contributed by atoms with van der Waals surface area (Å²) in [5.74, 6) is -1.09. The van der Waals surface area contributed by atoms with E-state index in [1.807, 2.05) is 0 Å². The topological polar surface area (TPSA) is 91.3 Å². The largest absolute Gasteiger partial charge is 0.476 e. The average molecular weight is 326 g/mol. The molecule has 8 heteroatoms. The molecular weight excluding hydrogens is 314 g/mol. The van der Waals surface area contributed by atoms with Gasteiger partial charge in [-0.05, 0) is 24.6 Å². The molecule has 0 saturated heterocycles. The second-order valence-electron chi connectivity index (χ2n) is 4.15. The van der Waals surface area contributed by atoms with E-state index in [2.05, 4.69) is 15.6 Å². The van der Waals surface area contributed by atoms with Crippen molar-refractivity contribution in [3.63, 3.8) is 0 Å². The molecule has 0 bridgehead atoms. The fourth-order valence-electron chi connectivity index (χ4n) is 1.56. The Morgan fingerprint density at radius 1 is 1.43 bits per heavy atom. The second kappa shape index (κ2) is 6.55. The molecule has 1 heterocycles. The molecule has 110 valence electrons. The molecule has 2 amide bonds. The maximum atomic E-state index is 11.8. The van der Waals surface area contributed by atoms with Gasteiger partial charge in [0.1, 0.15) is 5.01 Å². The number of rotatable bonds is 4. The molecule has 21 heavy (non-hydrogen) atoms. The van der Waals surface area contributed by atoms with Crippen molar-refractivity contribution in [2.75, 3.05) is 5.32 Å². The van der Waals surface area contributed by atoms with Gasteiger partial charge in [-0.3, -0.25) is 0 Å². The summed E-state index contributed by atoms with van der Waals surface area (Å²) in [7, 11) is 0. The molecule has 0 spiro atoms. The van der Waals surface area contributed by atoms with Crippen LogP contribution in [-0.2, 0) is 6.54 Å². The van der Waals surface area contributed by atoms with Crippen LogP contribution in [-0.4, -0.2) is 22.1 Å². The number of hydrogen-bond acceptors (Lipinski definition) is 4. The van der Waals surface area contributed by atoms with Crippen LogP contribution in [0.4, 0.5) is 10.5 Å². The van der Waals surface area contributed by atoms with Crippen molar-refractivity contribution < 1.29 is 14.7 Å². The number of nitrogens with zero attached hydrogens (tertiary/aromatic N) is 1. The Balaban J connectivity index is 1.92. The first-order chi connectivity index (χ1) is 9.97. The van der Waals surface area contributed by atoms with Gasteiger partial charge in [0.15, 0.2) is 5.69 Å². The number of aromatic nitrogens is 1. The number of halogens is 1. The molecule has 3 N–H and O–H groups in total. The van der Waals surface area contributed by atoms with Crippen molar-refractivity contribution in [2.45, 2.75) is 13.5 Å². The minimum atomic E-state index is -1.09. The molecule has 0 aliphatic heterocycles. The molecule has 2 rings (SSSR count). The number of nitrogens with one attached hydrogen (secondary N) is 2. The highest BCUT2D eigenvalue weighted by Gasteiger charge is 2.10. The number of carbonyl (C=O) groups excluding carboxylic acids is 1. The van der Waals surface area contributed by atoms with Gasteiger partial charge in [0, 0.05) is 16.1 Å². The lowest BCUT2D eigenvalue weighted by atomic mass is 10.2. The quantitative estimate of drug-likeness (QED) is 0.805. The minimum absolute atomic E-state index is 0.0251. The van der Waals surface area contributed by atoms with Crippen LogP contribution < -0.4 is 10.6 Å². The zero-order valence-electron chi connectivity index (χ0n) is 11.0. The van der Waals surface area contributed by atoms with E-state index in [0.717, 1.165) is 5.56 Å². The molecule has 0 unspecified atom stereocenters. The summed E-state index contributed by atoms with van der Waals surface area (Å²) < 4.78 is 0. The standard InChI is InChI=1S/C13H12ClN3O3S/c1-7-8(14)3-2-4-9(7)17-13(20)15-5-11-16-10(6-21-11)12(18)19/h2-4,6H,5H2,1H3,(H,18,19)(H2,15,17,20). The van der Waals surface area contributed by atoms with Crippen LogP contribution in [0.3, 0.4) is 0 Å². The lowest BCUT2D eigenvalue weighted by molar-refractivity contribution is 0.0691. The zero-order chi connectivity index (χ0) is 15.4. The minimum Gasteiger partial charge on any atom is -0.476 e. The lowest BCUT2D eigenvalue weighted by Crippen LogP contribution is -2.28. The van der Waals surface area contributed by atoms with E-state index in [0.29, 0.717) is 15.7 Å². The molecular formula is C13H12ClN3O3S. The van der Waals surface area contributed by atoms with E-state index in [1.54, 1.807) is 25.1 Å². The van der Waals surface area contributed by atoms with Crippen LogP contribution in [0.25, 0.3) is 0 Å². The molecule has 2 aromatic rings. The number of carboxylic acids is 1. The number of aromatic carboxylic acids is 1. The number of benzene rings is 1. The first kappa shape index (κ1) is 15.3. The maximum Gasteiger partial charge on any atom is 0.355 e. The van der Waals surface area contributed by atoms with Gasteiger partial charge < -0.3 is 15.7 Å². The van der Waals surface area contributed by atoms with Crippen LogP contribution in [0.15, 0.2) is 23.6 Å². The van der Waals surface area contributed by atoms with E-state index >= 15 is 0 Å². The smallest absolute Gasteiger partial charge is 0.355 e. The third kappa shape index (κ3) is 3.93. The summed E-state index contributed by atoms with van der Waals surface area (Å²) >= 11 is 7.14. The van der Waals surface area contributed by atoms with Gasteiger partial charge in [-0.2, -0.15) is 0 Å². The molecule has 0 atom stereocenters. The Labute approximate surface area is 129 Å². The average Bonchev–Trinajstić information content (AvgIpc) is 2.91. The zero-order valence-corrected chi connectivity index (χ0v) is 12.6. The van der Waals surface area contributed by atoms with Crippen LogP contribution in [0.5, 0.6) is 0 Å². The maximum absolute atomic E-state index is 11.8. The van der Waals surface area contributed by atoms with E-state index in [4.69, 9.17) is 16.7 Å². The summed E-state index contributed by atoms with van der Waals surface area (Å²) in [4.78, 5) is 26.4. The number of carbonyl (C=O) groups is 2. The number of anilines is 1. The third-order valence-corrected chi connectivity index (χ3v) is 3.95. The Morgan fingerprint density at radius 3 is 2.86 bits per heavy atom. The van der Waals surface area contributed by atoms with Crippen molar-refractivity contribution >= 4 is 40.6 Å². The highest BCUT2D eigenvalue weighted by molar-refractivity contribution is 7.09. The fraction of sp³-hybridized carbons (Fsp3) is 0.154. The summed E-state index contributed by atoms with van der Waals surface area (Å²) in [6, 6.07) is 4.81. The van der Waals surface area contributed by atoms with Gasteiger partial charge in [-0.25, -0.2) is 14.6 Å². The van der Waals surface area contributed by atoms with Gasteiger partial charge in [0.2, 0.25) is 0 Å². The number of thiazole rings is 1. The SMILES string of the molecule is Cc1c(Cl)cccc1NC(=O)NCc1nc(C(=O)O)cs1. The van der Waals surface area contributed by atoms with Crippen molar-refractivity contribution in [1.29, 1.82) is 0 Å². The second-order valence-corrected chi connectivity index (χ2v) is 5.50. The fourth-order valence-corrected chi connectivity index (χ4v) is 2.44. The number of urea groups is 1. The third-order valence-electron chi connectivity index (χ3n) is 2.69. The van der Waals surface area contributed by atoms with Gasteiger partial charge in [-0.15, -0.1) is 11.3 Å². The monoisotopic (exact) mass is 325 g/mol. The molecule has 0 aliphatic rings. The molecule has 0 aliphatic carbocycles. The number of amides is 2. The van der Waals surface area contributed by atoms with Crippen molar-refractivity contribution in [1.82, 2.24) is 10.3 Å². The summed E-state index contributed by atoms with van der Waals surface area (Å²) in [5.41, 5.74) is 1.37. The molecule has 6 nitrogen and oxygen atoms in total. The highest BCUT2D eigenvalue weighted by atomic mass is 35.5. The van der Waals surface area contributed by atoms with Gasteiger partial charge >= 0.3 is 12.0 Å². The van der Waals surface area contributed by atoms with Crippen LogP contribution in [0.2, 0.25) is 5.02 Å². The van der Waals surface area contributed by atoms with Crippen molar-refractivity contribution in [3.8, 4) is 0 Å². The first-order valence-electron chi connectivity index (χ1n) is 5.95. The highest BCUT2D eigenvalue weighted by Crippen LogP contribution is 2.22. The van der Waals surface area contributed by atoms with Crippen molar-refractivity contribution in [2.24, 2.45) is 0 Å². The Morgan fingerprint density at radius 2 is 2.19 bits per heavy atom. The van der Waals surface area contributed by atoms with Crippen LogP contribution in [0.1, 0.15) is 21.1 Å². The van der Waals surface area contributed by atoms with Gasteiger partial charge in [0.25, 0.3) is 0 Å². The first-order valence-corrected chi connectivity index (χ1v) is 7.21. The summed E-state index contributed by atoms with van der Waals surface area (Å²) in [6.07, 6.45) is 0. The van der Waals surface area contributed by atoms with E-state index in [-0.39, 0.29) is 12.2 Å². The molecule has 1 aromatic carbocycles. The van der Waals surface area contributed by atoms with E-state index in [9.17, 15) is 9.59 Å². The van der Waals surface area contributed by atoms with Crippen molar-refractivity contribution in [3.05, 3.63) is 44.9 Å². The molecule has 0 fully saturated rings. The molecule has 1 aromatic heterocycles. The molecule has 0 saturated carbocycles. The van der Waals surface area contributed by atoms with E-state index in [1.165, 1.54) is 16.7 Å². The predicted molar refractivity (Wildman–Crippen MR) is 81.1 cm³/mol.